The maximum Gasteiger partial charge on any atom is 0.416 e. The number of hydrogen-bond acceptors (Lipinski definition) is 5. The van der Waals surface area contributed by atoms with Gasteiger partial charge in [-0.05, 0) is 54.7 Å². The Balaban J connectivity index is 1.38. The van der Waals surface area contributed by atoms with Crippen LogP contribution < -0.4 is 20.1 Å². The molecule has 4 unspecified atom stereocenters. The van der Waals surface area contributed by atoms with Crippen LogP contribution >= 0.6 is 0 Å². The fourth-order valence-corrected chi connectivity index (χ4v) is 6.38. The van der Waals surface area contributed by atoms with Crippen LogP contribution in [0.25, 0.3) is 0 Å². The first-order valence-corrected chi connectivity index (χ1v) is 14.1. The van der Waals surface area contributed by atoms with Gasteiger partial charge in [-0.3, -0.25) is 4.79 Å². The third-order valence-electron chi connectivity index (χ3n) is 8.42. The van der Waals surface area contributed by atoms with Crippen LogP contribution in [-0.2, 0) is 40.6 Å². The number of ether oxygens (including phenoxy) is 3. The number of carbonyl (C=O) groups excluding carboxylic acids is 1. The number of benzene rings is 3. The van der Waals surface area contributed by atoms with Crippen LogP contribution in [0, 0.1) is 5.92 Å². The maximum absolute atomic E-state index is 13.6. The molecule has 0 aromatic heterocycles. The maximum atomic E-state index is 13.6. The SMILES string of the molecule is COc1cccc(CNC(=O)C2CC3(c4ccccc4)NC2CCC3OCc2cc(C(F)(F)F)cc(C(F)(F)F)c2)c1OC. The predicted molar refractivity (Wildman–Crippen MR) is 149 cm³/mol. The van der Waals surface area contributed by atoms with E-state index >= 15 is 0 Å². The molecule has 3 aromatic carbocycles. The lowest BCUT2D eigenvalue weighted by molar-refractivity contribution is -0.143. The lowest BCUT2D eigenvalue weighted by Gasteiger charge is -2.42. The van der Waals surface area contributed by atoms with Crippen LogP contribution in [0.2, 0.25) is 0 Å². The van der Waals surface area contributed by atoms with Crippen molar-refractivity contribution in [3.05, 3.63) is 94.5 Å². The summed E-state index contributed by atoms with van der Waals surface area (Å²) in [6.45, 7) is -0.275. The molecule has 2 fully saturated rings. The summed E-state index contributed by atoms with van der Waals surface area (Å²) >= 11 is 0. The summed E-state index contributed by atoms with van der Waals surface area (Å²) in [5.41, 5.74) is -2.36. The molecule has 0 aliphatic carbocycles. The van der Waals surface area contributed by atoms with Crippen molar-refractivity contribution < 1.29 is 45.3 Å². The van der Waals surface area contributed by atoms with Crippen molar-refractivity contribution in [2.45, 2.75) is 62.5 Å². The second kappa shape index (κ2) is 12.3. The second-order valence-corrected chi connectivity index (χ2v) is 11.1. The number of halogens is 6. The van der Waals surface area contributed by atoms with Crippen LogP contribution in [0.4, 0.5) is 26.3 Å². The molecule has 0 saturated carbocycles. The summed E-state index contributed by atoms with van der Waals surface area (Å²) in [5.74, 6) is 0.379. The highest BCUT2D eigenvalue weighted by atomic mass is 19.4. The number of alkyl halides is 6. The van der Waals surface area contributed by atoms with Gasteiger partial charge in [0, 0.05) is 18.2 Å². The first kappa shape index (κ1) is 31.6. The van der Waals surface area contributed by atoms with Crippen molar-refractivity contribution in [3.8, 4) is 11.5 Å². The lowest BCUT2D eigenvalue weighted by atomic mass is 9.80. The van der Waals surface area contributed by atoms with E-state index in [0.29, 0.717) is 42.9 Å². The molecule has 2 aliphatic rings. The van der Waals surface area contributed by atoms with Crippen molar-refractivity contribution in [1.82, 2.24) is 10.6 Å². The molecule has 2 aliphatic heterocycles. The Hall–Kier alpha value is -3.77. The van der Waals surface area contributed by atoms with Crippen LogP contribution in [0.1, 0.15) is 47.1 Å². The van der Waals surface area contributed by atoms with Gasteiger partial charge in [-0.2, -0.15) is 26.3 Å². The minimum atomic E-state index is -4.96. The molecule has 6 nitrogen and oxygen atoms in total. The summed E-state index contributed by atoms with van der Waals surface area (Å²) in [4.78, 5) is 13.6. The zero-order chi connectivity index (χ0) is 31.7. The minimum absolute atomic E-state index is 0.100. The van der Waals surface area contributed by atoms with E-state index in [1.54, 1.807) is 12.1 Å². The molecule has 3 aromatic rings. The van der Waals surface area contributed by atoms with E-state index in [1.165, 1.54) is 14.2 Å². The normalized spacial score (nSPS) is 23.3. The van der Waals surface area contributed by atoms with E-state index < -0.39 is 47.6 Å². The molecule has 2 heterocycles. The van der Waals surface area contributed by atoms with Crippen molar-refractivity contribution in [2.75, 3.05) is 14.2 Å². The molecule has 44 heavy (non-hydrogen) atoms. The van der Waals surface area contributed by atoms with Crippen LogP contribution in [0.5, 0.6) is 11.5 Å². The summed E-state index contributed by atoms with van der Waals surface area (Å²) in [6, 6.07) is 15.9. The molecular weight excluding hydrogens is 590 g/mol. The standard InChI is InChI=1S/C32H32F6N2O4/c1-42-26-10-6-7-20(28(26)43-2)17-39-29(41)24-16-30(21-8-4-3-5-9-21)27(12-11-25(24)40-30)44-18-19-13-22(31(33,34)35)15-23(14-19)32(36,37)38/h3-10,13-15,24-25,27,40H,11-12,16-18H2,1-2H3,(H,39,41). The summed E-state index contributed by atoms with van der Waals surface area (Å²) in [6.07, 6.45) is -9.24. The van der Waals surface area contributed by atoms with Crippen molar-refractivity contribution in [2.24, 2.45) is 5.92 Å². The lowest BCUT2D eigenvalue weighted by Crippen LogP contribution is -2.54. The van der Waals surface area contributed by atoms with Gasteiger partial charge in [-0.15, -0.1) is 0 Å². The van der Waals surface area contributed by atoms with Gasteiger partial charge < -0.3 is 24.8 Å². The van der Waals surface area contributed by atoms with E-state index in [2.05, 4.69) is 10.6 Å². The van der Waals surface area contributed by atoms with Gasteiger partial charge in [-0.25, -0.2) is 0 Å². The zero-order valence-electron chi connectivity index (χ0n) is 24.0. The number of carbonyl (C=O) groups is 1. The number of rotatable bonds is 9. The van der Waals surface area contributed by atoms with E-state index in [4.69, 9.17) is 14.2 Å². The fraction of sp³-hybridized carbons (Fsp3) is 0.406. The quantitative estimate of drug-likeness (QED) is 0.263. The molecule has 0 spiro atoms. The molecule has 5 rings (SSSR count). The van der Waals surface area contributed by atoms with Gasteiger partial charge in [0.2, 0.25) is 5.91 Å². The number of para-hydroxylation sites is 1. The molecule has 2 bridgehead atoms. The first-order valence-electron chi connectivity index (χ1n) is 14.1. The highest BCUT2D eigenvalue weighted by Gasteiger charge is 2.56. The van der Waals surface area contributed by atoms with E-state index in [-0.39, 0.29) is 30.1 Å². The molecule has 2 saturated heterocycles. The topological polar surface area (TPSA) is 68.8 Å². The van der Waals surface area contributed by atoms with E-state index in [9.17, 15) is 31.1 Å². The Bertz CT molecular complexity index is 1450. The number of fused-ring (bicyclic) bond motifs is 2. The number of methoxy groups -OCH3 is 2. The fourth-order valence-electron chi connectivity index (χ4n) is 6.38. The third kappa shape index (κ3) is 6.37. The first-order chi connectivity index (χ1) is 20.9. The number of amides is 1. The summed E-state index contributed by atoms with van der Waals surface area (Å²) in [5, 5.41) is 6.55. The molecular formula is C32H32F6N2O4. The van der Waals surface area contributed by atoms with Crippen LogP contribution in [0.3, 0.4) is 0 Å². The molecule has 4 atom stereocenters. The van der Waals surface area contributed by atoms with Crippen molar-refractivity contribution >= 4 is 5.91 Å². The zero-order valence-corrected chi connectivity index (χ0v) is 24.0. The molecule has 12 heteroatoms. The monoisotopic (exact) mass is 622 g/mol. The Labute approximate surface area is 250 Å². The Morgan fingerprint density at radius 3 is 2.20 bits per heavy atom. The average Bonchev–Trinajstić information content (AvgIpc) is 3.32. The highest BCUT2D eigenvalue weighted by molar-refractivity contribution is 5.80. The van der Waals surface area contributed by atoms with Gasteiger partial charge in [0.1, 0.15) is 0 Å². The van der Waals surface area contributed by atoms with Gasteiger partial charge >= 0.3 is 12.4 Å². The number of piperidine rings is 1. The Morgan fingerprint density at radius 1 is 0.909 bits per heavy atom. The van der Waals surface area contributed by atoms with Crippen molar-refractivity contribution in [1.29, 1.82) is 0 Å². The highest BCUT2D eigenvalue weighted by Crippen LogP contribution is 2.48. The predicted octanol–water partition coefficient (Wildman–Crippen LogP) is 6.61. The molecule has 0 radical (unpaired) electrons. The molecule has 1 amide bonds. The molecule has 236 valence electrons. The minimum Gasteiger partial charge on any atom is -0.493 e. The third-order valence-corrected chi connectivity index (χ3v) is 8.42. The summed E-state index contributed by atoms with van der Waals surface area (Å²) < 4.78 is 97.6. The average molecular weight is 623 g/mol. The summed E-state index contributed by atoms with van der Waals surface area (Å²) in [7, 11) is 3.04. The van der Waals surface area contributed by atoms with Crippen LogP contribution in [0.15, 0.2) is 66.7 Å². The second-order valence-electron chi connectivity index (χ2n) is 11.1. The Morgan fingerprint density at radius 2 is 1.59 bits per heavy atom. The van der Waals surface area contributed by atoms with E-state index in [1.807, 2.05) is 36.4 Å². The number of nitrogens with one attached hydrogen (secondary N) is 2. The van der Waals surface area contributed by atoms with Gasteiger partial charge in [0.15, 0.2) is 11.5 Å². The largest absolute Gasteiger partial charge is 0.493 e. The number of hydrogen-bond donors (Lipinski definition) is 2. The van der Waals surface area contributed by atoms with Gasteiger partial charge in [0.25, 0.3) is 0 Å². The molecule has 2 N–H and O–H groups in total. The Kier molecular flexibility index (Phi) is 8.86. The van der Waals surface area contributed by atoms with Gasteiger partial charge in [-0.1, -0.05) is 42.5 Å². The van der Waals surface area contributed by atoms with Gasteiger partial charge in [0.05, 0.1) is 49.5 Å². The van der Waals surface area contributed by atoms with Crippen molar-refractivity contribution in [3.63, 3.8) is 0 Å². The van der Waals surface area contributed by atoms with Crippen LogP contribution in [-0.4, -0.2) is 32.3 Å². The van der Waals surface area contributed by atoms with E-state index in [0.717, 1.165) is 11.1 Å². The smallest absolute Gasteiger partial charge is 0.416 e.